The van der Waals surface area contributed by atoms with Crippen molar-refractivity contribution in [1.82, 2.24) is 4.98 Å². The standard InChI is InChI=1S/C17H13ClN2O2/c1-22-17(21)15-10-19-16(14-8-3-2-7-13(14)15)20-12-6-4-5-11(18)9-12/h2-10H,1H3,(H,19,20). The van der Waals surface area contributed by atoms with Crippen molar-refractivity contribution in [3.63, 3.8) is 0 Å². The number of methoxy groups -OCH3 is 1. The summed E-state index contributed by atoms with van der Waals surface area (Å²) in [6.07, 6.45) is 1.51. The van der Waals surface area contributed by atoms with Crippen molar-refractivity contribution in [2.45, 2.75) is 0 Å². The molecule has 1 heterocycles. The molecule has 0 aliphatic rings. The molecule has 4 nitrogen and oxygen atoms in total. The van der Waals surface area contributed by atoms with Gasteiger partial charge in [0, 0.05) is 27.7 Å². The predicted octanol–water partition coefficient (Wildman–Crippen LogP) is 4.42. The lowest BCUT2D eigenvalue weighted by Crippen LogP contribution is -2.04. The Kier molecular flexibility index (Phi) is 3.94. The fourth-order valence-corrected chi connectivity index (χ4v) is 2.46. The molecule has 0 bridgehead atoms. The largest absolute Gasteiger partial charge is 0.465 e. The van der Waals surface area contributed by atoms with Crippen LogP contribution in [0.2, 0.25) is 5.02 Å². The molecule has 0 atom stereocenters. The zero-order chi connectivity index (χ0) is 15.5. The summed E-state index contributed by atoms with van der Waals surface area (Å²) in [5, 5.41) is 5.49. The number of aromatic nitrogens is 1. The smallest absolute Gasteiger partial charge is 0.340 e. The second kappa shape index (κ2) is 6.03. The Morgan fingerprint density at radius 1 is 1.14 bits per heavy atom. The number of ether oxygens (including phenoxy) is 1. The molecule has 110 valence electrons. The zero-order valence-electron chi connectivity index (χ0n) is 11.8. The van der Waals surface area contributed by atoms with Gasteiger partial charge < -0.3 is 10.1 Å². The third-order valence-electron chi connectivity index (χ3n) is 3.29. The van der Waals surface area contributed by atoms with Crippen molar-refractivity contribution in [3.8, 4) is 0 Å². The SMILES string of the molecule is COC(=O)c1cnc(Nc2cccc(Cl)c2)c2ccccc12. The highest BCUT2D eigenvalue weighted by molar-refractivity contribution is 6.30. The summed E-state index contributed by atoms with van der Waals surface area (Å²) in [5.74, 6) is 0.253. The molecular formula is C17H13ClN2O2. The number of esters is 1. The summed E-state index contributed by atoms with van der Waals surface area (Å²) in [6, 6.07) is 14.9. The molecule has 3 aromatic rings. The van der Waals surface area contributed by atoms with E-state index >= 15 is 0 Å². The van der Waals surface area contributed by atoms with E-state index in [-0.39, 0.29) is 0 Å². The second-order valence-corrected chi connectivity index (χ2v) is 5.13. The predicted molar refractivity (Wildman–Crippen MR) is 87.8 cm³/mol. The molecule has 0 aliphatic carbocycles. The van der Waals surface area contributed by atoms with Crippen molar-refractivity contribution >= 4 is 39.8 Å². The first-order valence-electron chi connectivity index (χ1n) is 6.67. The highest BCUT2D eigenvalue weighted by Crippen LogP contribution is 2.28. The summed E-state index contributed by atoms with van der Waals surface area (Å²) in [5.41, 5.74) is 1.27. The molecule has 0 radical (unpaired) electrons. The molecule has 0 aliphatic heterocycles. The molecule has 0 spiro atoms. The van der Waals surface area contributed by atoms with Crippen LogP contribution in [0.1, 0.15) is 10.4 Å². The van der Waals surface area contributed by atoms with Gasteiger partial charge in [-0.3, -0.25) is 0 Å². The Bertz CT molecular complexity index is 849. The third kappa shape index (κ3) is 2.73. The van der Waals surface area contributed by atoms with Gasteiger partial charge in [0.25, 0.3) is 0 Å². The van der Waals surface area contributed by atoms with Crippen LogP contribution in [0.15, 0.2) is 54.7 Å². The van der Waals surface area contributed by atoms with Gasteiger partial charge in [0.1, 0.15) is 5.82 Å². The van der Waals surface area contributed by atoms with Crippen LogP contribution in [0, 0.1) is 0 Å². The lowest BCUT2D eigenvalue weighted by atomic mass is 10.1. The van der Waals surface area contributed by atoms with Gasteiger partial charge in [-0.2, -0.15) is 0 Å². The Hall–Kier alpha value is -2.59. The number of nitrogens with zero attached hydrogens (tertiary/aromatic N) is 1. The normalized spacial score (nSPS) is 10.5. The summed E-state index contributed by atoms with van der Waals surface area (Å²) in [4.78, 5) is 16.2. The maximum absolute atomic E-state index is 11.8. The monoisotopic (exact) mass is 312 g/mol. The number of carbonyl (C=O) groups excluding carboxylic acids is 1. The zero-order valence-corrected chi connectivity index (χ0v) is 12.6. The quantitative estimate of drug-likeness (QED) is 0.727. The van der Waals surface area contributed by atoms with Gasteiger partial charge >= 0.3 is 5.97 Å². The van der Waals surface area contributed by atoms with E-state index in [2.05, 4.69) is 10.3 Å². The van der Waals surface area contributed by atoms with Crippen LogP contribution < -0.4 is 5.32 Å². The molecule has 0 saturated carbocycles. The first kappa shape index (κ1) is 14.4. The maximum Gasteiger partial charge on any atom is 0.340 e. The molecule has 3 rings (SSSR count). The van der Waals surface area contributed by atoms with E-state index in [4.69, 9.17) is 16.3 Å². The highest BCUT2D eigenvalue weighted by Gasteiger charge is 2.13. The number of nitrogens with one attached hydrogen (secondary N) is 1. The topological polar surface area (TPSA) is 51.2 Å². The van der Waals surface area contributed by atoms with Crippen LogP contribution >= 0.6 is 11.6 Å². The number of carbonyl (C=O) groups is 1. The molecule has 0 amide bonds. The van der Waals surface area contributed by atoms with Crippen molar-refractivity contribution in [2.75, 3.05) is 12.4 Å². The number of pyridine rings is 1. The molecule has 1 N–H and O–H groups in total. The van der Waals surface area contributed by atoms with E-state index in [0.29, 0.717) is 16.4 Å². The number of hydrogen-bond acceptors (Lipinski definition) is 4. The number of halogens is 1. The fraction of sp³-hybridized carbons (Fsp3) is 0.0588. The van der Waals surface area contributed by atoms with Crippen molar-refractivity contribution < 1.29 is 9.53 Å². The van der Waals surface area contributed by atoms with E-state index in [0.717, 1.165) is 16.5 Å². The third-order valence-corrected chi connectivity index (χ3v) is 3.52. The summed E-state index contributed by atoms with van der Waals surface area (Å²) in [7, 11) is 1.36. The number of benzene rings is 2. The minimum atomic E-state index is -0.405. The highest BCUT2D eigenvalue weighted by atomic mass is 35.5. The van der Waals surface area contributed by atoms with Crippen molar-refractivity contribution in [2.24, 2.45) is 0 Å². The average molecular weight is 313 g/mol. The van der Waals surface area contributed by atoms with Crippen molar-refractivity contribution in [1.29, 1.82) is 0 Å². The fourth-order valence-electron chi connectivity index (χ4n) is 2.27. The van der Waals surface area contributed by atoms with E-state index in [9.17, 15) is 4.79 Å². The van der Waals surface area contributed by atoms with Crippen LogP contribution in [0.4, 0.5) is 11.5 Å². The molecular weight excluding hydrogens is 300 g/mol. The second-order valence-electron chi connectivity index (χ2n) is 4.69. The lowest BCUT2D eigenvalue weighted by molar-refractivity contribution is 0.0602. The van der Waals surface area contributed by atoms with Gasteiger partial charge in [-0.25, -0.2) is 9.78 Å². The minimum absolute atomic E-state index is 0.405. The number of fused-ring (bicyclic) bond motifs is 1. The van der Waals surface area contributed by atoms with Crippen LogP contribution in [-0.4, -0.2) is 18.1 Å². The molecule has 1 aromatic heterocycles. The first-order valence-corrected chi connectivity index (χ1v) is 7.05. The lowest BCUT2D eigenvalue weighted by Gasteiger charge is -2.11. The van der Waals surface area contributed by atoms with E-state index in [1.54, 1.807) is 6.07 Å². The van der Waals surface area contributed by atoms with Crippen LogP contribution in [0.3, 0.4) is 0 Å². The van der Waals surface area contributed by atoms with Gasteiger partial charge in [0.2, 0.25) is 0 Å². The summed E-state index contributed by atoms with van der Waals surface area (Å²) in [6.45, 7) is 0. The Morgan fingerprint density at radius 2 is 1.91 bits per heavy atom. The molecule has 0 saturated heterocycles. The molecule has 0 fully saturated rings. The summed E-state index contributed by atoms with van der Waals surface area (Å²) < 4.78 is 4.80. The number of anilines is 2. The minimum Gasteiger partial charge on any atom is -0.465 e. The molecule has 22 heavy (non-hydrogen) atoms. The summed E-state index contributed by atoms with van der Waals surface area (Å²) >= 11 is 5.99. The Balaban J connectivity index is 2.10. The average Bonchev–Trinajstić information content (AvgIpc) is 2.54. The van der Waals surface area contributed by atoms with Crippen molar-refractivity contribution in [3.05, 3.63) is 65.3 Å². The Morgan fingerprint density at radius 3 is 2.64 bits per heavy atom. The maximum atomic E-state index is 11.8. The number of hydrogen-bond donors (Lipinski definition) is 1. The van der Waals surface area contributed by atoms with Crippen LogP contribution in [-0.2, 0) is 4.74 Å². The van der Waals surface area contributed by atoms with Crippen LogP contribution in [0.25, 0.3) is 10.8 Å². The van der Waals surface area contributed by atoms with E-state index in [1.807, 2.05) is 42.5 Å². The van der Waals surface area contributed by atoms with Crippen LogP contribution in [0.5, 0.6) is 0 Å². The first-order chi connectivity index (χ1) is 10.7. The van der Waals surface area contributed by atoms with Gasteiger partial charge in [0.15, 0.2) is 0 Å². The Labute approximate surface area is 132 Å². The van der Waals surface area contributed by atoms with Gasteiger partial charge in [0.05, 0.1) is 12.7 Å². The van der Waals surface area contributed by atoms with Gasteiger partial charge in [-0.05, 0) is 18.2 Å². The molecule has 0 unspecified atom stereocenters. The van der Waals surface area contributed by atoms with Gasteiger partial charge in [-0.1, -0.05) is 41.9 Å². The van der Waals surface area contributed by atoms with E-state index in [1.165, 1.54) is 13.3 Å². The van der Waals surface area contributed by atoms with Gasteiger partial charge in [-0.15, -0.1) is 0 Å². The molecule has 5 heteroatoms. The van der Waals surface area contributed by atoms with E-state index < -0.39 is 5.97 Å². The molecule has 2 aromatic carbocycles. The number of rotatable bonds is 3.